The lowest BCUT2D eigenvalue weighted by Crippen LogP contribution is -2.59. The van der Waals surface area contributed by atoms with E-state index in [1.807, 2.05) is 65.8 Å². The smallest absolute Gasteiger partial charge is 0.259 e. The molecule has 0 aliphatic carbocycles. The topological polar surface area (TPSA) is 95.7 Å². The van der Waals surface area contributed by atoms with E-state index in [1.54, 1.807) is 9.80 Å². The summed E-state index contributed by atoms with van der Waals surface area (Å²) in [5, 5.41) is 2.58. The van der Waals surface area contributed by atoms with Crippen molar-refractivity contribution < 1.29 is 14.4 Å². The van der Waals surface area contributed by atoms with E-state index in [0.717, 1.165) is 0 Å². The van der Waals surface area contributed by atoms with E-state index in [-0.39, 0.29) is 10.8 Å². The second-order valence-electron chi connectivity index (χ2n) is 10.2. The summed E-state index contributed by atoms with van der Waals surface area (Å²) < 4.78 is 0. The molecule has 160 valence electrons. The molecule has 0 saturated carbocycles. The van der Waals surface area contributed by atoms with Crippen LogP contribution in [0.3, 0.4) is 0 Å². The zero-order valence-electron chi connectivity index (χ0n) is 18.6. The summed E-state index contributed by atoms with van der Waals surface area (Å²) in [5.41, 5.74) is 6.60. The van der Waals surface area contributed by atoms with E-state index in [9.17, 15) is 14.4 Å². The van der Waals surface area contributed by atoms with Crippen molar-refractivity contribution in [2.45, 2.75) is 60.5 Å². The second kappa shape index (κ2) is 8.14. The number of fused-ring (bicyclic) bond motifs is 1. The number of hydrogen-bond acceptors (Lipinski definition) is 4. The van der Waals surface area contributed by atoms with Crippen LogP contribution in [0.2, 0.25) is 0 Å². The maximum Gasteiger partial charge on any atom is 0.259 e. The van der Waals surface area contributed by atoms with Crippen LogP contribution in [0.1, 0.15) is 48.5 Å². The number of nitrogens with one attached hydrogen (secondary N) is 1. The monoisotopic (exact) mass is 402 g/mol. The highest BCUT2D eigenvalue weighted by atomic mass is 16.2. The van der Waals surface area contributed by atoms with Gasteiger partial charge in [0.05, 0.1) is 17.4 Å². The summed E-state index contributed by atoms with van der Waals surface area (Å²) in [4.78, 5) is 42.5. The van der Waals surface area contributed by atoms with E-state index in [4.69, 9.17) is 5.73 Å². The minimum Gasteiger partial charge on any atom is -0.335 e. The van der Waals surface area contributed by atoms with Crippen molar-refractivity contribution in [2.75, 3.05) is 22.9 Å². The molecule has 0 spiro atoms. The minimum atomic E-state index is -1.31. The molecule has 1 heterocycles. The molecule has 7 heteroatoms. The normalized spacial score (nSPS) is 17.1. The fraction of sp³-hybridized carbons (Fsp3) is 0.591. The Bertz CT molecular complexity index is 735. The molecule has 0 saturated heterocycles. The van der Waals surface area contributed by atoms with Crippen LogP contribution >= 0.6 is 0 Å². The molecule has 1 aromatic carbocycles. The fourth-order valence-electron chi connectivity index (χ4n) is 3.25. The van der Waals surface area contributed by atoms with Gasteiger partial charge in [-0.2, -0.15) is 0 Å². The molecule has 1 aromatic rings. The Morgan fingerprint density at radius 3 is 1.66 bits per heavy atom. The first kappa shape index (κ1) is 22.9. The molecule has 0 bridgehead atoms. The lowest BCUT2D eigenvalue weighted by Gasteiger charge is -2.32. The van der Waals surface area contributed by atoms with Crippen LogP contribution in [-0.2, 0) is 14.4 Å². The quantitative estimate of drug-likeness (QED) is 0.756. The molecule has 3 N–H and O–H groups in total. The molecule has 0 radical (unpaired) electrons. The zero-order valence-corrected chi connectivity index (χ0v) is 18.6. The summed E-state index contributed by atoms with van der Waals surface area (Å²) >= 11 is 0. The Labute approximate surface area is 173 Å². The minimum absolute atomic E-state index is 0.208. The van der Waals surface area contributed by atoms with Gasteiger partial charge < -0.3 is 20.9 Å². The van der Waals surface area contributed by atoms with Crippen molar-refractivity contribution in [2.24, 2.45) is 16.6 Å². The summed E-state index contributed by atoms with van der Waals surface area (Å²) in [5.74, 6) is -1.42. The van der Waals surface area contributed by atoms with Gasteiger partial charge in [-0.15, -0.1) is 0 Å². The van der Waals surface area contributed by atoms with Crippen LogP contribution in [0.4, 0.5) is 11.4 Å². The van der Waals surface area contributed by atoms with E-state index >= 15 is 0 Å². The first-order chi connectivity index (χ1) is 13.2. The molecule has 1 aliphatic rings. The molecule has 7 nitrogen and oxygen atoms in total. The summed E-state index contributed by atoms with van der Waals surface area (Å²) in [6, 6.07) is 5.25. The summed E-state index contributed by atoms with van der Waals surface area (Å²) in [6.45, 7) is 14.5. The van der Waals surface area contributed by atoms with Crippen molar-refractivity contribution in [3.63, 3.8) is 0 Å². The van der Waals surface area contributed by atoms with Crippen LogP contribution in [0.25, 0.3) is 0 Å². The predicted octanol–water partition coefficient (Wildman–Crippen LogP) is 2.29. The van der Waals surface area contributed by atoms with Gasteiger partial charge in [-0.3, -0.25) is 14.4 Å². The predicted molar refractivity (Wildman–Crippen MR) is 116 cm³/mol. The fourth-order valence-corrected chi connectivity index (χ4v) is 3.25. The van der Waals surface area contributed by atoms with Crippen LogP contribution in [0.5, 0.6) is 0 Å². The number of nitrogens with zero attached hydrogens (tertiary/aromatic N) is 2. The van der Waals surface area contributed by atoms with Gasteiger partial charge in [-0.25, -0.2) is 0 Å². The van der Waals surface area contributed by atoms with Crippen LogP contribution in [-0.4, -0.2) is 42.9 Å². The van der Waals surface area contributed by atoms with Gasteiger partial charge in [-0.05, 0) is 29.9 Å². The number of benzene rings is 1. The number of amides is 3. The molecule has 29 heavy (non-hydrogen) atoms. The third-order valence-corrected chi connectivity index (χ3v) is 4.45. The maximum atomic E-state index is 13.5. The van der Waals surface area contributed by atoms with Crippen molar-refractivity contribution in [1.29, 1.82) is 0 Å². The molecule has 1 aliphatic heterocycles. The first-order valence-corrected chi connectivity index (χ1v) is 9.99. The highest BCUT2D eigenvalue weighted by Crippen LogP contribution is 2.36. The third kappa shape index (κ3) is 5.56. The number of rotatable bonds is 4. The van der Waals surface area contributed by atoms with Crippen LogP contribution < -0.4 is 20.9 Å². The Hall–Kier alpha value is -2.41. The van der Waals surface area contributed by atoms with E-state index in [1.165, 1.54) is 6.92 Å². The molecule has 0 aromatic heterocycles. The Morgan fingerprint density at radius 1 is 0.966 bits per heavy atom. The summed E-state index contributed by atoms with van der Waals surface area (Å²) in [7, 11) is 0. The average molecular weight is 403 g/mol. The lowest BCUT2D eigenvalue weighted by molar-refractivity contribution is -0.134. The number of nitrogens with two attached hydrogens (primary N) is 1. The van der Waals surface area contributed by atoms with Gasteiger partial charge in [0.2, 0.25) is 5.91 Å². The van der Waals surface area contributed by atoms with Gasteiger partial charge >= 0.3 is 0 Å². The first-order valence-electron chi connectivity index (χ1n) is 9.99. The molecule has 0 unspecified atom stereocenters. The molecule has 3 amide bonds. The second-order valence-corrected chi connectivity index (χ2v) is 10.2. The lowest BCUT2D eigenvalue weighted by atomic mass is 9.95. The molecule has 1 atom stereocenters. The van der Waals surface area contributed by atoms with Crippen molar-refractivity contribution in [3.05, 3.63) is 24.3 Å². The highest BCUT2D eigenvalue weighted by Gasteiger charge is 2.43. The number of carbonyl (C=O) groups excluding carboxylic acids is 3. The van der Waals surface area contributed by atoms with Crippen LogP contribution in [0, 0.1) is 10.8 Å². The van der Waals surface area contributed by atoms with Gasteiger partial charge in [-0.1, -0.05) is 53.7 Å². The highest BCUT2D eigenvalue weighted by molar-refractivity contribution is 6.21. The Morgan fingerprint density at radius 2 is 1.34 bits per heavy atom. The molecular weight excluding hydrogens is 368 g/mol. The number of anilines is 2. The molecular formula is C22H34N4O3. The number of carbonyl (C=O) groups is 3. The number of hydrogen-bond donors (Lipinski definition) is 2. The SMILES string of the molecule is C[C@H](N)C(=O)NC1C(=O)N(CC(C)(C)C)c2ccccc2N(CC(C)(C)C)C1=O. The van der Waals surface area contributed by atoms with Crippen molar-refractivity contribution in [3.8, 4) is 0 Å². The molecule has 0 fully saturated rings. The van der Waals surface area contributed by atoms with E-state index in [2.05, 4.69) is 5.32 Å². The van der Waals surface area contributed by atoms with Gasteiger partial charge in [0.25, 0.3) is 11.8 Å². The van der Waals surface area contributed by atoms with E-state index < -0.39 is 29.8 Å². The van der Waals surface area contributed by atoms with Gasteiger partial charge in [0, 0.05) is 13.1 Å². The number of para-hydroxylation sites is 2. The maximum absolute atomic E-state index is 13.5. The van der Waals surface area contributed by atoms with Gasteiger partial charge in [0.1, 0.15) is 0 Å². The standard InChI is InChI=1S/C22H34N4O3/c1-14(23)18(27)24-17-19(28)25(12-21(2,3)4)15-10-8-9-11-16(15)26(20(17)29)13-22(5,6)7/h8-11,14,17H,12-13,23H2,1-7H3,(H,24,27)/t14-/m0/s1. The largest absolute Gasteiger partial charge is 0.335 e. The Kier molecular flexibility index (Phi) is 6.42. The van der Waals surface area contributed by atoms with E-state index in [0.29, 0.717) is 24.5 Å². The summed E-state index contributed by atoms with van der Waals surface area (Å²) in [6.07, 6.45) is 0. The Balaban J connectivity index is 2.63. The third-order valence-electron chi connectivity index (χ3n) is 4.45. The zero-order chi connectivity index (χ0) is 22.1. The van der Waals surface area contributed by atoms with Crippen LogP contribution in [0.15, 0.2) is 24.3 Å². The average Bonchev–Trinajstić information content (AvgIpc) is 2.65. The van der Waals surface area contributed by atoms with Crippen molar-refractivity contribution >= 4 is 29.1 Å². The van der Waals surface area contributed by atoms with Crippen molar-refractivity contribution in [1.82, 2.24) is 5.32 Å². The molecule has 2 rings (SSSR count). The van der Waals surface area contributed by atoms with Gasteiger partial charge in [0.15, 0.2) is 6.04 Å².